The molecule has 3 heteroatoms. The van der Waals surface area contributed by atoms with E-state index in [-0.39, 0.29) is 5.60 Å². The van der Waals surface area contributed by atoms with Crippen LogP contribution >= 0.6 is 0 Å². The zero-order chi connectivity index (χ0) is 16.6. The standard InChI is InChI=1S/C21H26N2O/c1-3-5-17-14-16(2)20-18(6-10-22-20)19(17)15-23-11-8-21(9-12-23)7-4-13-24-21/h1,6,10,14,22H,4-5,7-9,11-13,15H2,2H3. The summed E-state index contributed by atoms with van der Waals surface area (Å²) in [4.78, 5) is 5.96. The molecule has 2 aromatic rings. The number of likely N-dealkylation sites (tertiary alicyclic amines) is 1. The van der Waals surface area contributed by atoms with Crippen LogP contribution in [0, 0.1) is 19.3 Å². The van der Waals surface area contributed by atoms with Gasteiger partial charge in [-0.3, -0.25) is 4.90 Å². The first-order chi connectivity index (χ1) is 11.7. The number of benzene rings is 1. The molecule has 0 atom stereocenters. The van der Waals surface area contributed by atoms with Crippen molar-refractivity contribution >= 4 is 10.9 Å². The third-order valence-corrected chi connectivity index (χ3v) is 5.87. The topological polar surface area (TPSA) is 28.3 Å². The molecule has 4 rings (SSSR count). The minimum Gasteiger partial charge on any atom is -0.375 e. The predicted molar refractivity (Wildman–Crippen MR) is 98.0 cm³/mol. The number of hydrogen-bond donors (Lipinski definition) is 1. The molecule has 0 aliphatic carbocycles. The predicted octanol–water partition coefficient (Wildman–Crippen LogP) is 3.80. The molecule has 3 heterocycles. The maximum Gasteiger partial charge on any atom is 0.0707 e. The number of piperidine rings is 1. The molecule has 24 heavy (non-hydrogen) atoms. The first-order valence-electron chi connectivity index (χ1n) is 9.09. The van der Waals surface area contributed by atoms with Gasteiger partial charge in [0.25, 0.3) is 0 Å². The minimum absolute atomic E-state index is 0.189. The fourth-order valence-electron chi connectivity index (χ4n) is 4.49. The highest BCUT2D eigenvalue weighted by Gasteiger charge is 2.38. The van der Waals surface area contributed by atoms with Gasteiger partial charge in [-0.15, -0.1) is 12.3 Å². The van der Waals surface area contributed by atoms with Gasteiger partial charge in [0.1, 0.15) is 0 Å². The Hall–Kier alpha value is -1.76. The lowest BCUT2D eigenvalue weighted by Gasteiger charge is -2.39. The fraction of sp³-hybridized carbons (Fsp3) is 0.524. The van der Waals surface area contributed by atoms with E-state index in [9.17, 15) is 0 Å². The quantitative estimate of drug-likeness (QED) is 0.871. The molecule has 2 saturated heterocycles. The van der Waals surface area contributed by atoms with Gasteiger partial charge in [-0.2, -0.15) is 0 Å². The van der Waals surface area contributed by atoms with E-state index in [2.05, 4.69) is 34.9 Å². The van der Waals surface area contributed by atoms with E-state index in [1.165, 1.54) is 53.3 Å². The number of nitrogens with zero attached hydrogens (tertiary/aromatic N) is 1. The zero-order valence-corrected chi connectivity index (χ0v) is 14.5. The summed E-state index contributed by atoms with van der Waals surface area (Å²) in [6, 6.07) is 4.46. The summed E-state index contributed by atoms with van der Waals surface area (Å²) in [5.74, 6) is 2.84. The highest BCUT2D eigenvalue weighted by molar-refractivity contribution is 5.87. The van der Waals surface area contributed by atoms with Gasteiger partial charge in [0.05, 0.1) is 5.60 Å². The second-order valence-corrected chi connectivity index (χ2v) is 7.39. The lowest BCUT2D eigenvalue weighted by Crippen LogP contribution is -2.43. The van der Waals surface area contributed by atoms with Crippen LogP contribution in [0.3, 0.4) is 0 Å². The minimum atomic E-state index is 0.189. The van der Waals surface area contributed by atoms with Crippen molar-refractivity contribution < 1.29 is 4.74 Å². The van der Waals surface area contributed by atoms with Gasteiger partial charge < -0.3 is 9.72 Å². The highest BCUT2D eigenvalue weighted by Crippen LogP contribution is 2.36. The maximum absolute atomic E-state index is 6.06. The molecule has 1 spiro atoms. The number of rotatable bonds is 3. The molecule has 0 unspecified atom stereocenters. The number of hydrogen-bond acceptors (Lipinski definition) is 2. The average molecular weight is 322 g/mol. The number of aromatic amines is 1. The number of fused-ring (bicyclic) bond motifs is 1. The van der Waals surface area contributed by atoms with Crippen LogP contribution in [0.1, 0.15) is 42.4 Å². The van der Waals surface area contributed by atoms with Crippen LogP contribution in [0.25, 0.3) is 10.9 Å². The summed E-state index contributed by atoms with van der Waals surface area (Å²) in [5.41, 5.74) is 5.42. The summed E-state index contributed by atoms with van der Waals surface area (Å²) in [6.07, 6.45) is 13.2. The third kappa shape index (κ3) is 2.75. The molecule has 1 N–H and O–H groups in total. The lowest BCUT2D eigenvalue weighted by atomic mass is 9.88. The van der Waals surface area contributed by atoms with Crippen LogP contribution in [-0.4, -0.2) is 35.2 Å². The van der Waals surface area contributed by atoms with Crippen molar-refractivity contribution in [3.63, 3.8) is 0 Å². The van der Waals surface area contributed by atoms with Crippen LogP contribution in [0.15, 0.2) is 18.3 Å². The monoisotopic (exact) mass is 322 g/mol. The number of terminal acetylenes is 1. The Bertz CT molecular complexity index is 767. The van der Waals surface area contributed by atoms with Crippen molar-refractivity contribution in [1.29, 1.82) is 0 Å². The largest absolute Gasteiger partial charge is 0.375 e. The van der Waals surface area contributed by atoms with Crippen LogP contribution in [-0.2, 0) is 17.7 Å². The van der Waals surface area contributed by atoms with Crippen molar-refractivity contribution in [2.45, 2.75) is 51.2 Å². The van der Waals surface area contributed by atoms with E-state index in [1.54, 1.807) is 0 Å². The summed E-state index contributed by atoms with van der Waals surface area (Å²) in [5, 5.41) is 1.33. The Morgan fingerprint density at radius 2 is 2.17 bits per heavy atom. The first kappa shape index (κ1) is 15.7. The molecule has 126 valence electrons. The van der Waals surface area contributed by atoms with Crippen LogP contribution < -0.4 is 0 Å². The SMILES string of the molecule is C#CCc1cc(C)c2[nH]ccc2c1CN1CCC2(CCCO2)CC1. The van der Waals surface area contributed by atoms with Gasteiger partial charge in [-0.1, -0.05) is 6.07 Å². The van der Waals surface area contributed by atoms with Crippen LogP contribution in [0.2, 0.25) is 0 Å². The number of aromatic nitrogens is 1. The molecule has 1 aromatic heterocycles. The average Bonchev–Trinajstić information content (AvgIpc) is 3.24. The van der Waals surface area contributed by atoms with E-state index >= 15 is 0 Å². The summed E-state index contributed by atoms with van der Waals surface area (Å²) in [7, 11) is 0. The zero-order valence-electron chi connectivity index (χ0n) is 14.5. The van der Waals surface area contributed by atoms with Crippen LogP contribution in [0.5, 0.6) is 0 Å². The number of nitrogens with one attached hydrogen (secondary N) is 1. The van der Waals surface area contributed by atoms with Crippen molar-refractivity contribution in [1.82, 2.24) is 9.88 Å². The molecule has 1 aromatic carbocycles. The van der Waals surface area contributed by atoms with E-state index in [1.807, 2.05) is 6.20 Å². The van der Waals surface area contributed by atoms with Crippen molar-refractivity contribution in [3.8, 4) is 12.3 Å². The Kier molecular flexibility index (Phi) is 4.12. The molecular formula is C21H26N2O. The van der Waals surface area contributed by atoms with Gasteiger partial charge in [-0.25, -0.2) is 0 Å². The van der Waals surface area contributed by atoms with Gasteiger partial charge in [-0.05, 0) is 55.4 Å². The fourth-order valence-corrected chi connectivity index (χ4v) is 4.49. The molecule has 3 nitrogen and oxygen atoms in total. The van der Waals surface area contributed by atoms with Gasteiger partial charge >= 0.3 is 0 Å². The van der Waals surface area contributed by atoms with E-state index in [0.717, 1.165) is 26.2 Å². The summed E-state index contributed by atoms with van der Waals surface area (Å²) < 4.78 is 6.06. The van der Waals surface area contributed by atoms with Gasteiger partial charge in [0.2, 0.25) is 0 Å². The smallest absolute Gasteiger partial charge is 0.0707 e. The summed E-state index contributed by atoms with van der Waals surface area (Å²) in [6.45, 7) is 6.34. The van der Waals surface area contributed by atoms with Gasteiger partial charge in [0, 0.05) is 49.8 Å². The lowest BCUT2D eigenvalue weighted by molar-refractivity contribution is -0.0447. The second-order valence-electron chi connectivity index (χ2n) is 7.39. The number of aryl methyl sites for hydroxylation is 1. The van der Waals surface area contributed by atoms with E-state index in [4.69, 9.17) is 11.2 Å². The number of H-pyrrole nitrogens is 1. The normalized spacial score (nSPS) is 20.7. The summed E-state index contributed by atoms with van der Waals surface area (Å²) >= 11 is 0. The van der Waals surface area contributed by atoms with E-state index < -0.39 is 0 Å². The third-order valence-electron chi connectivity index (χ3n) is 5.87. The van der Waals surface area contributed by atoms with Crippen molar-refractivity contribution in [3.05, 3.63) is 35.0 Å². The Labute approximate surface area is 144 Å². The van der Waals surface area contributed by atoms with E-state index in [0.29, 0.717) is 6.42 Å². The highest BCUT2D eigenvalue weighted by atomic mass is 16.5. The maximum atomic E-state index is 6.06. The molecule has 0 amide bonds. The molecule has 2 aliphatic heterocycles. The Morgan fingerprint density at radius 3 is 2.88 bits per heavy atom. The Balaban J connectivity index is 1.58. The number of ether oxygens (including phenoxy) is 1. The molecule has 0 bridgehead atoms. The molecular weight excluding hydrogens is 296 g/mol. The second kappa shape index (κ2) is 6.27. The molecule has 2 aliphatic rings. The molecule has 0 saturated carbocycles. The van der Waals surface area contributed by atoms with Crippen molar-refractivity contribution in [2.24, 2.45) is 0 Å². The Morgan fingerprint density at radius 1 is 1.33 bits per heavy atom. The molecule has 0 radical (unpaired) electrons. The van der Waals surface area contributed by atoms with Gasteiger partial charge in [0.15, 0.2) is 0 Å². The van der Waals surface area contributed by atoms with Crippen molar-refractivity contribution in [2.75, 3.05) is 19.7 Å². The van der Waals surface area contributed by atoms with Crippen LogP contribution in [0.4, 0.5) is 0 Å². The first-order valence-corrected chi connectivity index (χ1v) is 9.09. The molecule has 2 fully saturated rings.